The van der Waals surface area contributed by atoms with Crippen molar-refractivity contribution in [2.24, 2.45) is 5.10 Å². The Morgan fingerprint density at radius 1 is 0.970 bits per heavy atom. The average Bonchev–Trinajstić information content (AvgIpc) is 2.80. The number of carbonyl (C=O) groups is 1. The highest BCUT2D eigenvalue weighted by Gasteiger charge is 2.10. The van der Waals surface area contributed by atoms with Crippen molar-refractivity contribution in [3.05, 3.63) is 108 Å². The second-order valence-corrected chi connectivity index (χ2v) is 10.1. The maximum absolute atomic E-state index is 12.1. The monoisotopic (exact) mass is 680 g/mol. The molecular formula is C26H19ClI2N2O2. The molecule has 7 heteroatoms. The van der Waals surface area contributed by atoms with E-state index in [4.69, 9.17) is 16.3 Å². The maximum atomic E-state index is 12.1. The Labute approximate surface area is 224 Å². The first-order chi connectivity index (χ1) is 16.0. The lowest BCUT2D eigenvalue weighted by Gasteiger charge is -2.13. The minimum atomic E-state index is -0.187. The third-order valence-corrected chi connectivity index (χ3v) is 6.81. The van der Waals surface area contributed by atoms with Crippen LogP contribution in [0.5, 0.6) is 5.75 Å². The van der Waals surface area contributed by atoms with Gasteiger partial charge < -0.3 is 4.74 Å². The van der Waals surface area contributed by atoms with Gasteiger partial charge in [0.2, 0.25) is 5.91 Å². The van der Waals surface area contributed by atoms with E-state index in [1.54, 1.807) is 18.3 Å². The van der Waals surface area contributed by atoms with Crippen LogP contribution in [0.2, 0.25) is 5.02 Å². The van der Waals surface area contributed by atoms with Crippen LogP contribution in [0.3, 0.4) is 0 Å². The summed E-state index contributed by atoms with van der Waals surface area (Å²) in [6.45, 7) is 0.488. The Morgan fingerprint density at radius 2 is 1.67 bits per heavy atom. The van der Waals surface area contributed by atoms with Gasteiger partial charge in [-0.25, -0.2) is 5.43 Å². The Balaban J connectivity index is 1.39. The SMILES string of the molecule is O=C(Cc1ccc(Cl)cc1)N/N=C\c1cc(I)c(OCc2cccc3ccccc23)c(I)c1. The minimum absolute atomic E-state index is 0.187. The molecule has 1 amide bonds. The number of nitrogens with zero attached hydrogens (tertiary/aromatic N) is 1. The van der Waals surface area contributed by atoms with Gasteiger partial charge in [-0.2, -0.15) is 5.10 Å². The first kappa shape index (κ1) is 24.0. The van der Waals surface area contributed by atoms with E-state index < -0.39 is 0 Å². The van der Waals surface area contributed by atoms with Gasteiger partial charge in [0.25, 0.3) is 0 Å². The van der Waals surface area contributed by atoms with Crippen LogP contribution >= 0.6 is 56.8 Å². The highest BCUT2D eigenvalue weighted by atomic mass is 127. The molecule has 1 N–H and O–H groups in total. The Bertz CT molecular complexity index is 1300. The van der Waals surface area contributed by atoms with Gasteiger partial charge >= 0.3 is 0 Å². The van der Waals surface area contributed by atoms with Crippen molar-refractivity contribution in [1.29, 1.82) is 0 Å². The average molecular weight is 681 g/mol. The molecule has 4 aromatic carbocycles. The second kappa shape index (κ2) is 11.3. The molecule has 166 valence electrons. The van der Waals surface area contributed by atoms with E-state index in [1.807, 2.05) is 36.4 Å². The topological polar surface area (TPSA) is 50.7 Å². The summed E-state index contributed by atoms with van der Waals surface area (Å²) in [5.41, 5.74) is 5.48. The van der Waals surface area contributed by atoms with E-state index in [2.05, 4.69) is 86.0 Å². The molecule has 0 radical (unpaired) electrons. The smallest absolute Gasteiger partial charge is 0.244 e. The third kappa shape index (κ3) is 6.45. The molecule has 0 unspecified atom stereocenters. The van der Waals surface area contributed by atoms with Crippen LogP contribution in [0.1, 0.15) is 16.7 Å². The molecule has 0 bridgehead atoms. The zero-order chi connectivity index (χ0) is 23.2. The van der Waals surface area contributed by atoms with Gasteiger partial charge in [0, 0.05) is 5.02 Å². The highest BCUT2D eigenvalue weighted by Crippen LogP contribution is 2.30. The third-order valence-electron chi connectivity index (χ3n) is 4.95. The first-order valence-corrected chi connectivity index (χ1v) is 12.7. The van der Waals surface area contributed by atoms with Crippen LogP contribution in [0.15, 0.2) is 84.0 Å². The van der Waals surface area contributed by atoms with E-state index >= 15 is 0 Å². The summed E-state index contributed by atoms with van der Waals surface area (Å²) in [5, 5.41) is 7.14. The summed E-state index contributed by atoms with van der Waals surface area (Å²) in [6.07, 6.45) is 1.88. The number of ether oxygens (including phenoxy) is 1. The number of benzene rings is 4. The van der Waals surface area contributed by atoms with Crippen LogP contribution < -0.4 is 10.2 Å². The summed E-state index contributed by atoms with van der Waals surface area (Å²) >= 11 is 10.4. The number of nitrogens with one attached hydrogen (secondary N) is 1. The molecule has 4 rings (SSSR count). The van der Waals surface area contributed by atoms with Crippen LogP contribution in [-0.2, 0) is 17.8 Å². The molecule has 0 saturated carbocycles. The standard InChI is InChI=1S/C26H19ClI2N2O2/c27-21-10-8-17(9-11-21)14-25(32)31-30-15-18-12-23(28)26(24(29)13-18)33-16-20-6-3-5-19-4-1-2-7-22(19)20/h1-13,15H,14,16H2,(H,31,32)/b30-15-. The van der Waals surface area contributed by atoms with Gasteiger partial charge in [0.05, 0.1) is 19.8 Å². The van der Waals surface area contributed by atoms with Crippen molar-refractivity contribution < 1.29 is 9.53 Å². The van der Waals surface area contributed by atoms with Crippen molar-refractivity contribution in [2.45, 2.75) is 13.0 Å². The lowest BCUT2D eigenvalue weighted by molar-refractivity contribution is -0.120. The van der Waals surface area contributed by atoms with E-state index in [-0.39, 0.29) is 12.3 Å². The maximum Gasteiger partial charge on any atom is 0.244 e. The fourth-order valence-corrected chi connectivity index (χ4v) is 5.62. The fourth-order valence-electron chi connectivity index (χ4n) is 3.37. The summed E-state index contributed by atoms with van der Waals surface area (Å²) in [5.74, 6) is 0.654. The Kier molecular flexibility index (Phi) is 8.21. The number of halogens is 3. The van der Waals surface area contributed by atoms with Crippen molar-refractivity contribution in [2.75, 3.05) is 0 Å². The van der Waals surface area contributed by atoms with Crippen LogP contribution in [0, 0.1) is 7.14 Å². The number of hydrogen-bond donors (Lipinski definition) is 1. The van der Waals surface area contributed by atoms with Crippen molar-refractivity contribution >= 4 is 79.7 Å². The number of hydrogen-bond acceptors (Lipinski definition) is 3. The summed E-state index contributed by atoms with van der Waals surface area (Å²) in [7, 11) is 0. The summed E-state index contributed by atoms with van der Waals surface area (Å²) in [4.78, 5) is 12.1. The molecule has 33 heavy (non-hydrogen) atoms. The van der Waals surface area contributed by atoms with Gasteiger partial charge in [-0.3, -0.25) is 4.79 Å². The molecule has 0 aliphatic heterocycles. The normalized spacial score (nSPS) is 11.1. The van der Waals surface area contributed by atoms with Gasteiger partial charge in [0.15, 0.2) is 0 Å². The zero-order valence-electron chi connectivity index (χ0n) is 17.4. The van der Waals surface area contributed by atoms with Crippen molar-refractivity contribution in [3.8, 4) is 5.75 Å². The van der Waals surface area contributed by atoms with Crippen LogP contribution in [-0.4, -0.2) is 12.1 Å². The molecule has 0 atom stereocenters. The van der Waals surface area contributed by atoms with Crippen LogP contribution in [0.25, 0.3) is 10.8 Å². The molecule has 0 aliphatic carbocycles. The molecular weight excluding hydrogens is 662 g/mol. The molecule has 0 spiro atoms. The predicted octanol–water partition coefficient (Wildman–Crippen LogP) is 6.97. The highest BCUT2D eigenvalue weighted by molar-refractivity contribution is 14.1. The molecule has 0 heterocycles. The van der Waals surface area contributed by atoms with Gasteiger partial charge in [0.1, 0.15) is 12.4 Å². The van der Waals surface area contributed by atoms with E-state index in [9.17, 15) is 4.79 Å². The Hall–Kier alpha value is -2.17. The second-order valence-electron chi connectivity index (χ2n) is 7.34. The molecule has 4 nitrogen and oxygen atoms in total. The molecule has 4 aromatic rings. The number of rotatable bonds is 7. The number of carbonyl (C=O) groups excluding carboxylic acids is 1. The van der Waals surface area contributed by atoms with E-state index in [0.29, 0.717) is 11.6 Å². The minimum Gasteiger partial charge on any atom is -0.487 e. The molecule has 0 aliphatic rings. The van der Waals surface area contributed by atoms with Gasteiger partial charge in [-0.15, -0.1) is 0 Å². The largest absolute Gasteiger partial charge is 0.487 e. The molecule has 0 fully saturated rings. The van der Waals surface area contributed by atoms with E-state index in [1.165, 1.54) is 10.8 Å². The van der Waals surface area contributed by atoms with E-state index in [0.717, 1.165) is 29.6 Å². The molecule has 0 saturated heterocycles. The van der Waals surface area contributed by atoms with Crippen molar-refractivity contribution in [3.63, 3.8) is 0 Å². The van der Waals surface area contributed by atoms with Crippen molar-refractivity contribution in [1.82, 2.24) is 5.43 Å². The van der Waals surface area contributed by atoms with Gasteiger partial charge in [-0.1, -0.05) is 66.2 Å². The summed E-state index contributed by atoms with van der Waals surface area (Å²) < 4.78 is 8.16. The zero-order valence-corrected chi connectivity index (χ0v) is 22.5. The predicted molar refractivity (Wildman–Crippen MR) is 151 cm³/mol. The fraction of sp³-hybridized carbons (Fsp3) is 0.0769. The summed E-state index contributed by atoms with van der Waals surface area (Å²) in [6, 6.07) is 25.7. The van der Waals surface area contributed by atoms with Crippen LogP contribution in [0.4, 0.5) is 0 Å². The number of amides is 1. The quantitative estimate of drug-likeness (QED) is 0.130. The first-order valence-electron chi connectivity index (χ1n) is 10.1. The van der Waals surface area contributed by atoms with Gasteiger partial charge in [-0.05, 0) is 96.9 Å². The number of hydrazone groups is 1. The lowest BCUT2D eigenvalue weighted by atomic mass is 10.1. The Morgan fingerprint density at radius 3 is 2.42 bits per heavy atom. The lowest BCUT2D eigenvalue weighted by Crippen LogP contribution is -2.19. The number of fused-ring (bicyclic) bond motifs is 1. The molecule has 0 aromatic heterocycles.